The van der Waals surface area contributed by atoms with Gasteiger partial charge in [0.15, 0.2) is 0 Å². The molecule has 0 fully saturated rings. The predicted molar refractivity (Wildman–Crippen MR) is 84.6 cm³/mol. The molecule has 5 N–H and O–H groups in total. The van der Waals surface area contributed by atoms with E-state index in [9.17, 15) is 14.4 Å². The van der Waals surface area contributed by atoms with Crippen LogP contribution < -0.4 is 11.1 Å². The number of carbonyl (C=O) groups is 3. The minimum absolute atomic E-state index is 0.0456. The lowest BCUT2D eigenvalue weighted by Gasteiger charge is -2.15. The highest BCUT2D eigenvalue weighted by Gasteiger charge is 2.20. The first-order valence-electron chi connectivity index (χ1n) is 7.33. The summed E-state index contributed by atoms with van der Waals surface area (Å²) < 4.78 is 0. The van der Waals surface area contributed by atoms with E-state index in [0.29, 0.717) is 0 Å². The van der Waals surface area contributed by atoms with Gasteiger partial charge in [0.1, 0.15) is 6.04 Å². The Morgan fingerprint density at radius 3 is 2.65 bits per heavy atom. The number of hydrogen-bond acceptors (Lipinski definition) is 3. The molecule has 1 aromatic carbocycles. The zero-order valence-corrected chi connectivity index (χ0v) is 12.5. The van der Waals surface area contributed by atoms with Crippen LogP contribution in [0, 0.1) is 0 Å². The smallest absolute Gasteiger partial charge is 0.303 e. The SMILES string of the molecule is NC(=O)[C@H](Cc1c[nH]c2ccccc12)NC(=O)CCCC(=O)O. The number of para-hydroxylation sites is 1. The van der Waals surface area contributed by atoms with Crippen molar-refractivity contribution < 1.29 is 19.5 Å². The Hall–Kier alpha value is -2.83. The molecule has 122 valence electrons. The summed E-state index contributed by atoms with van der Waals surface area (Å²) in [5, 5.41) is 12.1. The second kappa shape index (κ2) is 7.44. The van der Waals surface area contributed by atoms with E-state index in [4.69, 9.17) is 10.8 Å². The minimum atomic E-state index is -0.956. The molecular formula is C16H19N3O4. The molecule has 2 aromatic rings. The number of carboxylic acids is 1. The third-order valence-corrected chi connectivity index (χ3v) is 3.57. The number of fused-ring (bicyclic) bond motifs is 1. The van der Waals surface area contributed by atoms with E-state index < -0.39 is 17.9 Å². The van der Waals surface area contributed by atoms with Crippen LogP contribution in [0.25, 0.3) is 10.9 Å². The van der Waals surface area contributed by atoms with Gasteiger partial charge in [0, 0.05) is 36.4 Å². The zero-order chi connectivity index (χ0) is 16.8. The van der Waals surface area contributed by atoms with E-state index in [2.05, 4.69) is 10.3 Å². The van der Waals surface area contributed by atoms with Crippen molar-refractivity contribution >= 4 is 28.7 Å². The number of H-pyrrole nitrogens is 1. The van der Waals surface area contributed by atoms with Gasteiger partial charge in [-0.1, -0.05) is 18.2 Å². The Balaban J connectivity index is 2.00. The molecule has 0 aliphatic heterocycles. The molecule has 1 atom stereocenters. The Morgan fingerprint density at radius 2 is 1.96 bits per heavy atom. The molecule has 0 saturated carbocycles. The van der Waals surface area contributed by atoms with E-state index in [1.54, 1.807) is 6.20 Å². The highest BCUT2D eigenvalue weighted by atomic mass is 16.4. The standard InChI is InChI=1S/C16H19N3O4/c17-16(23)13(19-14(20)6-3-7-15(21)22)8-10-9-18-12-5-2-1-4-11(10)12/h1-2,4-5,9,13,18H,3,6-8H2,(H2,17,23)(H,19,20)(H,21,22)/t13-/m0/s1. The lowest BCUT2D eigenvalue weighted by atomic mass is 10.0. The molecule has 23 heavy (non-hydrogen) atoms. The van der Waals surface area contributed by atoms with Gasteiger partial charge >= 0.3 is 5.97 Å². The number of aliphatic carboxylic acids is 1. The third kappa shape index (κ3) is 4.57. The molecule has 0 bridgehead atoms. The first-order valence-corrected chi connectivity index (χ1v) is 7.33. The zero-order valence-electron chi connectivity index (χ0n) is 12.5. The lowest BCUT2D eigenvalue weighted by Crippen LogP contribution is -2.45. The number of aromatic amines is 1. The Labute approximate surface area is 132 Å². The summed E-state index contributed by atoms with van der Waals surface area (Å²) in [6.45, 7) is 0. The normalized spacial score (nSPS) is 12.0. The fourth-order valence-corrected chi connectivity index (χ4v) is 2.41. The molecule has 1 heterocycles. The molecule has 0 aliphatic carbocycles. The molecule has 2 amide bonds. The fraction of sp³-hybridized carbons (Fsp3) is 0.312. The molecule has 0 unspecified atom stereocenters. The van der Waals surface area contributed by atoms with Crippen LogP contribution in [0.15, 0.2) is 30.5 Å². The van der Waals surface area contributed by atoms with Gasteiger partial charge in [-0.25, -0.2) is 0 Å². The van der Waals surface area contributed by atoms with Crippen LogP contribution in [0.5, 0.6) is 0 Å². The van der Waals surface area contributed by atoms with Gasteiger partial charge in [0.25, 0.3) is 0 Å². The minimum Gasteiger partial charge on any atom is -0.481 e. The highest BCUT2D eigenvalue weighted by molar-refractivity contribution is 5.88. The number of primary amides is 1. The molecule has 0 aliphatic rings. The second-order valence-electron chi connectivity index (χ2n) is 5.33. The maximum atomic E-state index is 11.8. The first kappa shape index (κ1) is 16.5. The van der Waals surface area contributed by atoms with Crippen molar-refractivity contribution in [2.45, 2.75) is 31.7 Å². The van der Waals surface area contributed by atoms with Crippen molar-refractivity contribution in [3.8, 4) is 0 Å². The quantitative estimate of drug-likeness (QED) is 0.578. The number of hydrogen-bond donors (Lipinski definition) is 4. The number of carboxylic acid groups (broad SMARTS) is 1. The number of benzene rings is 1. The summed E-state index contributed by atoms with van der Waals surface area (Å²) in [5.41, 5.74) is 7.19. The molecule has 7 heteroatoms. The van der Waals surface area contributed by atoms with Crippen molar-refractivity contribution in [2.24, 2.45) is 5.73 Å². The summed E-state index contributed by atoms with van der Waals surface area (Å²) >= 11 is 0. The number of nitrogens with two attached hydrogens (primary N) is 1. The van der Waals surface area contributed by atoms with Gasteiger partial charge < -0.3 is 21.1 Å². The average molecular weight is 317 g/mol. The predicted octanol–water partition coefficient (Wildman–Crippen LogP) is 0.935. The van der Waals surface area contributed by atoms with E-state index in [-0.39, 0.29) is 31.6 Å². The summed E-state index contributed by atoms with van der Waals surface area (Å²) in [7, 11) is 0. The number of rotatable bonds is 8. The fourth-order valence-electron chi connectivity index (χ4n) is 2.41. The summed E-state index contributed by atoms with van der Waals surface area (Å²) in [6.07, 6.45) is 2.25. The lowest BCUT2D eigenvalue weighted by molar-refractivity contribution is -0.137. The van der Waals surface area contributed by atoms with E-state index in [1.807, 2.05) is 24.3 Å². The number of nitrogens with one attached hydrogen (secondary N) is 2. The van der Waals surface area contributed by atoms with Crippen molar-refractivity contribution in [2.75, 3.05) is 0 Å². The van der Waals surface area contributed by atoms with Crippen LogP contribution in [0.1, 0.15) is 24.8 Å². The maximum Gasteiger partial charge on any atom is 0.303 e. The Bertz CT molecular complexity index is 723. The maximum absolute atomic E-state index is 11.8. The number of aromatic nitrogens is 1. The van der Waals surface area contributed by atoms with Gasteiger partial charge in [-0.05, 0) is 18.1 Å². The molecule has 0 spiro atoms. The van der Waals surface area contributed by atoms with Crippen molar-refractivity contribution in [1.29, 1.82) is 0 Å². The van der Waals surface area contributed by atoms with E-state index in [0.717, 1.165) is 16.5 Å². The largest absolute Gasteiger partial charge is 0.481 e. The van der Waals surface area contributed by atoms with Crippen molar-refractivity contribution in [1.82, 2.24) is 10.3 Å². The topological polar surface area (TPSA) is 125 Å². The van der Waals surface area contributed by atoms with Crippen LogP contribution in [-0.2, 0) is 20.8 Å². The third-order valence-electron chi connectivity index (χ3n) is 3.57. The van der Waals surface area contributed by atoms with Crippen LogP contribution >= 0.6 is 0 Å². The molecule has 0 radical (unpaired) electrons. The Morgan fingerprint density at radius 1 is 1.22 bits per heavy atom. The van der Waals surface area contributed by atoms with Crippen molar-refractivity contribution in [3.63, 3.8) is 0 Å². The molecule has 2 rings (SSSR count). The monoisotopic (exact) mass is 317 g/mol. The molecule has 7 nitrogen and oxygen atoms in total. The first-order chi connectivity index (χ1) is 11.0. The number of amides is 2. The summed E-state index contributed by atoms with van der Waals surface area (Å²) in [4.78, 5) is 36.9. The van der Waals surface area contributed by atoms with Gasteiger partial charge in [-0.15, -0.1) is 0 Å². The average Bonchev–Trinajstić information content (AvgIpc) is 2.89. The van der Waals surface area contributed by atoms with Gasteiger partial charge in [-0.2, -0.15) is 0 Å². The number of carbonyl (C=O) groups excluding carboxylic acids is 2. The van der Waals surface area contributed by atoms with E-state index >= 15 is 0 Å². The van der Waals surface area contributed by atoms with Crippen LogP contribution in [0.4, 0.5) is 0 Å². The highest BCUT2D eigenvalue weighted by Crippen LogP contribution is 2.19. The van der Waals surface area contributed by atoms with Crippen LogP contribution in [0.2, 0.25) is 0 Å². The molecular weight excluding hydrogens is 298 g/mol. The molecule has 0 saturated heterocycles. The Kier molecular flexibility index (Phi) is 5.35. The van der Waals surface area contributed by atoms with Crippen LogP contribution in [-0.4, -0.2) is 33.9 Å². The summed E-state index contributed by atoms with van der Waals surface area (Å²) in [5.74, 6) is -1.96. The van der Waals surface area contributed by atoms with Gasteiger partial charge in [0.05, 0.1) is 0 Å². The van der Waals surface area contributed by atoms with Crippen LogP contribution in [0.3, 0.4) is 0 Å². The molecule has 1 aromatic heterocycles. The van der Waals surface area contributed by atoms with Crippen molar-refractivity contribution in [3.05, 3.63) is 36.0 Å². The van der Waals surface area contributed by atoms with Gasteiger partial charge in [-0.3, -0.25) is 14.4 Å². The van der Waals surface area contributed by atoms with Gasteiger partial charge in [0.2, 0.25) is 11.8 Å². The van der Waals surface area contributed by atoms with E-state index in [1.165, 1.54) is 0 Å². The second-order valence-corrected chi connectivity index (χ2v) is 5.33. The summed E-state index contributed by atoms with van der Waals surface area (Å²) in [6, 6.07) is 6.81.